The number of carbonyl (C=O) groups is 1. The summed E-state index contributed by atoms with van der Waals surface area (Å²) in [6.45, 7) is 5.96. The molecule has 0 spiro atoms. The second-order valence-electron chi connectivity index (χ2n) is 3.94. The Hall–Kier alpha value is -1.35. The summed E-state index contributed by atoms with van der Waals surface area (Å²) in [5, 5.41) is 0. The monoisotopic (exact) mass is 222 g/mol. The highest BCUT2D eigenvalue weighted by atomic mass is 16.5. The van der Waals surface area contributed by atoms with Crippen LogP contribution in [-0.2, 0) is 11.3 Å². The first-order valence-corrected chi connectivity index (χ1v) is 5.34. The molecule has 0 bridgehead atoms. The number of rotatable bonds is 5. The standard InChI is InChI=1S/C13H18O3/c1-9(2)16-8-12-7-11(10(3)14)5-6-13(12)15-4/h5-7,9H,8H2,1-4H3. The molecule has 0 N–H and O–H groups in total. The van der Waals surface area contributed by atoms with Gasteiger partial charge in [-0.3, -0.25) is 4.79 Å². The largest absolute Gasteiger partial charge is 0.496 e. The van der Waals surface area contributed by atoms with Crippen molar-refractivity contribution in [1.29, 1.82) is 0 Å². The van der Waals surface area contributed by atoms with Gasteiger partial charge in [0.15, 0.2) is 5.78 Å². The second kappa shape index (κ2) is 5.66. The summed E-state index contributed by atoms with van der Waals surface area (Å²) < 4.78 is 10.7. The first kappa shape index (κ1) is 12.7. The summed E-state index contributed by atoms with van der Waals surface area (Å²) >= 11 is 0. The number of hydrogen-bond donors (Lipinski definition) is 0. The quantitative estimate of drug-likeness (QED) is 0.719. The molecule has 16 heavy (non-hydrogen) atoms. The molecule has 0 aliphatic rings. The molecule has 0 aliphatic heterocycles. The molecule has 0 aliphatic carbocycles. The predicted octanol–water partition coefficient (Wildman–Crippen LogP) is 2.82. The minimum Gasteiger partial charge on any atom is -0.496 e. The molecule has 0 unspecified atom stereocenters. The van der Waals surface area contributed by atoms with Crippen molar-refractivity contribution in [3.63, 3.8) is 0 Å². The van der Waals surface area contributed by atoms with E-state index in [2.05, 4.69) is 0 Å². The molecule has 0 atom stereocenters. The van der Waals surface area contributed by atoms with Crippen LogP contribution in [0.1, 0.15) is 36.7 Å². The van der Waals surface area contributed by atoms with Gasteiger partial charge in [-0.15, -0.1) is 0 Å². The van der Waals surface area contributed by atoms with Gasteiger partial charge in [-0.05, 0) is 39.0 Å². The summed E-state index contributed by atoms with van der Waals surface area (Å²) in [4.78, 5) is 11.3. The Bertz CT molecular complexity index is 369. The first-order chi connectivity index (χ1) is 7.54. The highest BCUT2D eigenvalue weighted by Crippen LogP contribution is 2.21. The molecule has 88 valence electrons. The van der Waals surface area contributed by atoms with Gasteiger partial charge in [0.1, 0.15) is 5.75 Å². The summed E-state index contributed by atoms with van der Waals surface area (Å²) in [5.41, 5.74) is 1.59. The van der Waals surface area contributed by atoms with Crippen molar-refractivity contribution in [2.24, 2.45) is 0 Å². The van der Waals surface area contributed by atoms with Crippen molar-refractivity contribution < 1.29 is 14.3 Å². The van der Waals surface area contributed by atoms with E-state index in [1.807, 2.05) is 19.9 Å². The van der Waals surface area contributed by atoms with Crippen LogP contribution in [0.3, 0.4) is 0 Å². The Morgan fingerprint density at radius 3 is 2.56 bits per heavy atom. The molecule has 1 aromatic carbocycles. The van der Waals surface area contributed by atoms with Crippen LogP contribution in [0.5, 0.6) is 5.75 Å². The first-order valence-electron chi connectivity index (χ1n) is 5.34. The van der Waals surface area contributed by atoms with Crippen LogP contribution in [0.2, 0.25) is 0 Å². The maximum Gasteiger partial charge on any atom is 0.159 e. The van der Waals surface area contributed by atoms with Crippen molar-refractivity contribution in [3.05, 3.63) is 29.3 Å². The highest BCUT2D eigenvalue weighted by molar-refractivity contribution is 5.94. The molecule has 0 saturated carbocycles. The minimum absolute atomic E-state index is 0.0495. The maximum absolute atomic E-state index is 11.3. The third-order valence-corrected chi connectivity index (χ3v) is 2.26. The molecular formula is C13H18O3. The lowest BCUT2D eigenvalue weighted by Gasteiger charge is -2.12. The fourth-order valence-corrected chi connectivity index (χ4v) is 1.37. The fourth-order valence-electron chi connectivity index (χ4n) is 1.37. The van der Waals surface area contributed by atoms with Crippen molar-refractivity contribution in [3.8, 4) is 5.75 Å². The van der Waals surface area contributed by atoms with Gasteiger partial charge in [0, 0.05) is 11.1 Å². The smallest absolute Gasteiger partial charge is 0.159 e. The molecule has 0 fully saturated rings. The molecule has 1 aromatic rings. The Kier molecular flexibility index (Phi) is 4.50. The third-order valence-electron chi connectivity index (χ3n) is 2.26. The molecular weight excluding hydrogens is 204 g/mol. The Labute approximate surface area is 96.4 Å². The lowest BCUT2D eigenvalue weighted by atomic mass is 10.1. The van der Waals surface area contributed by atoms with E-state index in [0.29, 0.717) is 12.2 Å². The van der Waals surface area contributed by atoms with E-state index in [9.17, 15) is 4.79 Å². The van der Waals surface area contributed by atoms with Crippen LogP contribution in [-0.4, -0.2) is 19.0 Å². The average Bonchev–Trinajstić information content (AvgIpc) is 2.25. The van der Waals surface area contributed by atoms with Gasteiger partial charge in [-0.25, -0.2) is 0 Å². The molecule has 0 saturated heterocycles. The Morgan fingerprint density at radius 2 is 2.06 bits per heavy atom. The van der Waals surface area contributed by atoms with Crippen LogP contribution in [0.25, 0.3) is 0 Å². The van der Waals surface area contributed by atoms with E-state index in [1.54, 1.807) is 26.2 Å². The number of methoxy groups -OCH3 is 1. The normalized spacial score (nSPS) is 10.6. The molecule has 0 heterocycles. The van der Waals surface area contributed by atoms with E-state index in [-0.39, 0.29) is 11.9 Å². The van der Waals surface area contributed by atoms with Gasteiger partial charge in [0.25, 0.3) is 0 Å². The second-order valence-corrected chi connectivity index (χ2v) is 3.94. The van der Waals surface area contributed by atoms with E-state index < -0.39 is 0 Å². The van der Waals surface area contributed by atoms with Crippen LogP contribution >= 0.6 is 0 Å². The summed E-state index contributed by atoms with van der Waals surface area (Å²) in [6.07, 6.45) is 0.158. The summed E-state index contributed by atoms with van der Waals surface area (Å²) in [7, 11) is 1.61. The zero-order valence-electron chi connectivity index (χ0n) is 10.2. The predicted molar refractivity (Wildman–Crippen MR) is 62.9 cm³/mol. The third kappa shape index (κ3) is 3.35. The Balaban J connectivity index is 2.93. The average molecular weight is 222 g/mol. The number of Topliss-reactive ketones (excluding diaryl/α,β-unsaturated/α-hetero) is 1. The highest BCUT2D eigenvalue weighted by Gasteiger charge is 2.08. The van der Waals surface area contributed by atoms with E-state index in [1.165, 1.54) is 0 Å². The number of ketones is 1. The van der Waals surface area contributed by atoms with Crippen LogP contribution in [0.15, 0.2) is 18.2 Å². The van der Waals surface area contributed by atoms with Gasteiger partial charge < -0.3 is 9.47 Å². The van der Waals surface area contributed by atoms with E-state index in [0.717, 1.165) is 11.3 Å². The zero-order valence-corrected chi connectivity index (χ0v) is 10.2. The number of hydrogen-bond acceptors (Lipinski definition) is 3. The fraction of sp³-hybridized carbons (Fsp3) is 0.462. The number of carbonyl (C=O) groups excluding carboxylic acids is 1. The zero-order chi connectivity index (χ0) is 12.1. The van der Waals surface area contributed by atoms with Crippen LogP contribution in [0, 0.1) is 0 Å². The number of benzene rings is 1. The van der Waals surface area contributed by atoms with E-state index >= 15 is 0 Å². The molecule has 3 heteroatoms. The van der Waals surface area contributed by atoms with E-state index in [4.69, 9.17) is 9.47 Å². The van der Waals surface area contributed by atoms with Crippen LogP contribution in [0.4, 0.5) is 0 Å². The molecule has 0 radical (unpaired) electrons. The summed E-state index contributed by atoms with van der Waals surface area (Å²) in [5.74, 6) is 0.805. The van der Waals surface area contributed by atoms with Crippen LogP contribution < -0.4 is 4.74 Å². The molecule has 1 rings (SSSR count). The van der Waals surface area contributed by atoms with Crippen molar-refractivity contribution in [2.45, 2.75) is 33.5 Å². The van der Waals surface area contributed by atoms with Gasteiger partial charge in [0.05, 0.1) is 19.8 Å². The molecule has 0 amide bonds. The maximum atomic E-state index is 11.3. The lowest BCUT2D eigenvalue weighted by molar-refractivity contribution is 0.0644. The van der Waals surface area contributed by atoms with Gasteiger partial charge in [-0.1, -0.05) is 0 Å². The van der Waals surface area contributed by atoms with Gasteiger partial charge >= 0.3 is 0 Å². The van der Waals surface area contributed by atoms with Crippen molar-refractivity contribution in [1.82, 2.24) is 0 Å². The van der Waals surface area contributed by atoms with Gasteiger partial charge in [0.2, 0.25) is 0 Å². The summed E-state index contributed by atoms with van der Waals surface area (Å²) in [6, 6.07) is 5.39. The van der Waals surface area contributed by atoms with Crippen molar-refractivity contribution in [2.75, 3.05) is 7.11 Å². The SMILES string of the molecule is COc1ccc(C(C)=O)cc1COC(C)C. The van der Waals surface area contributed by atoms with Gasteiger partial charge in [-0.2, -0.15) is 0 Å². The topological polar surface area (TPSA) is 35.5 Å². The number of ether oxygens (including phenoxy) is 2. The lowest BCUT2D eigenvalue weighted by Crippen LogP contribution is -2.05. The van der Waals surface area contributed by atoms with Crippen molar-refractivity contribution >= 4 is 5.78 Å². The Morgan fingerprint density at radius 1 is 1.38 bits per heavy atom. The molecule has 3 nitrogen and oxygen atoms in total. The molecule has 0 aromatic heterocycles. The minimum atomic E-state index is 0.0495.